The maximum absolute atomic E-state index is 12.2. The van der Waals surface area contributed by atoms with Gasteiger partial charge in [-0.25, -0.2) is 0 Å². The van der Waals surface area contributed by atoms with E-state index in [2.05, 4.69) is 0 Å². The highest BCUT2D eigenvalue weighted by atomic mass is 16.5. The van der Waals surface area contributed by atoms with E-state index in [1.54, 1.807) is 20.8 Å². The van der Waals surface area contributed by atoms with Crippen molar-refractivity contribution in [1.29, 1.82) is 0 Å². The van der Waals surface area contributed by atoms with Crippen LogP contribution in [-0.4, -0.2) is 17.7 Å². The summed E-state index contributed by atoms with van der Waals surface area (Å²) in [5.41, 5.74) is 1.03. The Morgan fingerprint density at radius 1 is 1.47 bits per heavy atom. The molecule has 0 amide bonds. The number of aryl methyl sites for hydroxylation is 2. The van der Waals surface area contributed by atoms with Crippen molar-refractivity contribution in [2.75, 3.05) is 6.61 Å². The molecular weight excluding hydrogens is 240 g/mol. The zero-order chi connectivity index (χ0) is 14.3. The van der Waals surface area contributed by atoms with Gasteiger partial charge in [-0.1, -0.05) is 23.8 Å². The Bertz CT molecular complexity index is 505. The Labute approximate surface area is 114 Å². The van der Waals surface area contributed by atoms with Gasteiger partial charge in [-0.05, 0) is 51.7 Å². The second-order valence-electron chi connectivity index (χ2n) is 5.87. The van der Waals surface area contributed by atoms with Crippen LogP contribution in [0.4, 0.5) is 0 Å². The standard InChI is InChI=1S/C16H22O3/c1-5-19-14(17)15(3,4)16(18)9-8-12-7-6-11(2)10-13(12)16/h6-7,10,18H,5,8-9H2,1-4H3. The first-order valence-electron chi connectivity index (χ1n) is 6.82. The van der Waals surface area contributed by atoms with Crippen LogP contribution in [0.25, 0.3) is 0 Å². The van der Waals surface area contributed by atoms with E-state index in [9.17, 15) is 9.90 Å². The third kappa shape index (κ3) is 2.06. The Morgan fingerprint density at radius 2 is 2.16 bits per heavy atom. The summed E-state index contributed by atoms with van der Waals surface area (Å²) in [6.45, 7) is 7.64. The predicted octanol–water partition coefficient (Wildman–Crippen LogP) is 2.72. The van der Waals surface area contributed by atoms with Crippen LogP contribution >= 0.6 is 0 Å². The van der Waals surface area contributed by atoms with Crippen molar-refractivity contribution in [3.63, 3.8) is 0 Å². The summed E-state index contributed by atoms with van der Waals surface area (Å²) >= 11 is 0. The van der Waals surface area contributed by atoms with Crippen LogP contribution in [0.5, 0.6) is 0 Å². The van der Waals surface area contributed by atoms with Crippen molar-refractivity contribution in [2.24, 2.45) is 5.41 Å². The number of esters is 1. The third-order valence-corrected chi connectivity index (χ3v) is 4.29. The number of carbonyl (C=O) groups excluding carboxylic acids is 1. The highest BCUT2D eigenvalue weighted by Crippen LogP contribution is 2.49. The molecule has 0 spiro atoms. The normalized spacial score (nSPS) is 22.2. The number of rotatable bonds is 3. The first-order valence-corrected chi connectivity index (χ1v) is 6.82. The molecule has 0 aliphatic heterocycles. The lowest BCUT2D eigenvalue weighted by Gasteiger charge is -2.38. The zero-order valence-corrected chi connectivity index (χ0v) is 12.1. The van der Waals surface area contributed by atoms with Crippen molar-refractivity contribution < 1.29 is 14.6 Å². The molecule has 2 rings (SSSR count). The number of hydrogen-bond donors (Lipinski definition) is 1. The number of carbonyl (C=O) groups is 1. The molecular formula is C16H22O3. The van der Waals surface area contributed by atoms with Gasteiger partial charge in [0, 0.05) is 0 Å². The van der Waals surface area contributed by atoms with Gasteiger partial charge in [0.2, 0.25) is 0 Å². The first kappa shape index (κ1) is 14.1. The quantitative estimate of drug-likeness (QED) is 0.852. The molecule has 19 heavy (non-hydrogen) atoms. The molecule has 0 fully saturated rings. The molecule has 3 heteroatoms. The van der Waals surface area contributed by atoms with E-state index in [0.717, 1.165) is 23.1 Å². The van der Waals surface area contributed by atoms with Gasteiger partial charge in [-0.3, -0.25) is 4.79 Å². The maximum Gasteiger partial charge on any atom is 0.314 e. The molecule has 0 aromatic heterocycles. The van der Waals surface area contributed by atoms with Gasteiger partial charge in [0.05, 0.1) is 12.0 Å². The Morgan fingerprint density at radius 3 is 2.79 bits per heavy atom. The number of hydrogen-bond acceptors (Lipinski definition) is 3. The number of aliphatic hydroxyl groups is 1. The molecule has 0 bridgehead atoms. The molecule has 1 aliphatic rings. The van der Waals surface area contributed by atoms with E-state index in [1.165, 1.54) is 0 Å². The highest BCUT2D eigenvalue weighted by molar-refractivity contribution is 5.78. The minimum absolute atomic E-state index is 0.332. The summed E-state index contributed by atoms with van der Waals surface area (Å²) in [5.74, 6) is -0.341. The van der Waals surface area contributed by atoms with Gasteiger partial charge in [-0.15, -0.1) is 0 Å². The molecule has 0 saturated heterocycles. The van der Waals surface area contributed by atoms with Gasteiger partial charge >= 0.3 is 5.97 Å². The molecule has 1 atom stereocenters. The summed E-state index contributed by atoms with van der Waals surface area (Å²) in [4.78, 5) is 12.2. The van der Waals surface area contributed by atoms with E-state index in [4.69, 9.17) is 4.74 Å². The topological polar surface area (TPSA) is 46.5 Å². The summed E-state index contributed by atoms with van der Waals surface area (Å²) < 4.78 is 5.13. The van der Waals surface area contributed by atoms with Crippen LogP contribution in [0, 0.1) is 12.3 Å². The van der Waals surface area contributed by atoms with E-state index >= 15 is 0 Å². The Kier molecular flexibility index (Phi) is 3.43. The van der Waals surface area contributed by atoms with Crippen LogP contribution in [0.3, 0.4) is 0 Å². The Balaban J connectivity index is 2.46. The van der Waals surface area contributed by atoms with Crippen LogP contribution in [-0.2, 0) is 21.6 Å². The molecule has 1 aliphatic carbocycles. The molecule has 0 saturated carbocycles. The fourth-order valence-corrected chi connectivity index (χ4v) is 2.87. The smallest absolute Gasteiger partial charge is 0.314 e. The monoisotopic (exact) mass is 262 g/mol. The van der Waals surface area contributed by atoms with Crippen LogP contribution < -0.4 is 0 Å². The molecule has 0 radical (unpaired) electrons. The number of benzene rings is 1. The molecule has 1 aromatic rings. The molecule has 1 N–H and O–H groups in total. The highest BCUT2D eigenvalue weighted by Gasteiger charge is 2.53. The van der Waals surface area contributed by atoms with Crippen molar-refractivity contribution in [3.8, 4) is 0 Å². The summed E-state index contributed by atoms with van der Waals surface area (Å²) in [6.07, 6.45) is 1.37. The van der Waals surface area contributed by atoms with Crippen LogP contribution in [0.1, 0.15) is 43.9 Å². The molecule has 104 valence electrons. The molecule has 0 heterocycles. The molecule has 1 aromatic carbocycles. The maximum atomic E-state index is 12.2. The summed E-state index contributed by atoms with van der Waals surface area (Å²) in [5, 5.41) is 11.1. The lowest BCUT2D eigenvalue weighted by atomic mass is 9.71. The van der Waals surface area contributed by atoms with Gasteiger partial charge in [0.1, 0.15) is 5.60 Å². The predicted molar refractivity (Wildman–Crippen MR) is 73.8 cm³/mol. The molecule has 3 nitrogen and oxygen atoms in total. The summed E-state index contributed by atoms with van der Waals surface area (Å²) in [7, 11) is 0. The van der Waals surface area contributed by atoms with E-state index in [-0.39, 0.29) is 5.97 Å². The second kappa shape index (κ2) is 4.64. The summed E-state index contributed by atoms with van der Waals surface area (Å²) in [6, 6.07) is 6.08. The second-order valence-corrected chi connectivity index (χ2v) is 5.87. The zero-order valence-electron chi connectivity index (χ0n) is 12.1. The van der Waals surface area contributed by atoms with Crippen LogP contribution in [0.15, 0.2) is 18.2 Å². The van der Waals surface area contributed by atoms with Crippen molar-refractivity contribution in [3.05, 3.63) is 34.9 Å². The van der Waals surface area contributed by atoms with E-state index in [1.807, 2.05) is 25.1 Å². The SMILES string of the molecule is CCOC(=O)C(C)(C)C1(O)CCc2ccc(C)cc21. The molecule has 1 unspecified atom stereocenters. The van der Waals surface area contributed by atoms with Crippen LogP contribution in [0.2, 0.25) is 0 Å². The van der Waals surface area contributed by atoms with Gasteiger partial charge < -0.3 is 9.84 Å². The average molecular weight is 262 g/mol. The number of fused-ring (bicyclic) bond motifs is 1. The van der Waals surface area contributed by atoms with Gasteiger partial charge in [0.25, 0.3) is 0 Å². The third-order valence-electron chi connectivity index (χ3n) is 4.29. The van der Waals surface area contributed by atoms with Crippen molar-refractivity contribution in [1.82, 2.24) is 0 Å². The number of ether oxygens (including phenoxy) is 1. The van der Waals surface area contributed by atoms with Gasteiger partial charge in [0.15, 0.2) is 0 Å². The largest absolute Gasteiger partial charge is 0.465 e. The minimum Gasteiger partial charge on any atom is -0.465 e. The van der Waals surface area contributed by atoms with Crippen molar-refractivity contribution >= 4 is 5.97 Å². The minimum atomic E-state index is -1.14. The average Bonchev–Trinajstić information content (AvgIpc) is 2.69. The lowest BCUT2D eigenvalue weighted by molar-refractivity contribution is -0.172. The fourth-order valence-electron chi connectivity index (χ4n) is 2.87. The van der Waals surface area contributed by atoms with Gasteiger partial charge in [-0.2, -0.15) is 0 Å². The first-order chi connectivity index (χ1) is 8.83. The van der Waals surface area contributed by atoms with E-state index in [0.29, 0.717) is 13.0 Å². The Hall–Kier alpha value is -1.35. The fraction of sp³-hybridized carbons (Fsp3) is 0.562. The lowest BCUT2D eigenvalue weighted by Crippen LogP contribution is -2.46. The van der Waals surface area contributed by atoms with Crippen molar-refractivity contribution in [2.45, 2.75) is 46.1 Å². The van der Waals surface area contributed by atoms with E-state index < -0.39 is 11.0 Å².